The molecule has 1 heterocycles. The number of hydrogen-bond donors (Lipinski definition) is 6. The number of carbonyl (C=O) groups is 5. The SMILES string of the molecule is CC1(C)SC(C(NC(=O)Cc2ccccc2)C(=O)NCCCCC(NC=O)C(=O)O)NC1C(=O)O.[Ca+2].[H-].[H-]. The third kappa shape index (κ3) is 9.89. The van der Waals surface area contributed by atoms with Gasteiger partial charge in [-0.15, -0.1) is 11.8 Å². The number of thioether (sulfide) groups is 1. The molecular formula is C23H34CaN4O7S. The van der Waals surface area contributed by atoms with Crippen LogP contribution >= 0.6 is 11.8 Å². The van der Waals surface area contributed by atoms with Crippen molar-refractivity contribution >= 4 is 79.7 Å². The molecule has 0 aliphatic carbocycles. The second-order valence-electron chi connectivity index (χ2n) is 8.75. The zero-order chi connectivity index (χ0) is 26.0. The molecule has 0 saturated carbocycles. The molecule has 36 heavy (non-hydrogen) atoms. The Labute approximate surface area is 246 Å². The first-order chi connectivity index (χ1) is 16.5. The Bertz CT molecular complexity index is 930. The molecule has 1 saturated heterocycles. The van der Waals surface area contributed by atoms with Crippen LogP contribution in [0.15, 0.2) is 30.3 Å². The van der Waals surface area contributed by atoms with Gasteiger partial charge in [0.05, 0.1) is 11.8 Å². The molecule has 2 rings (SSSR count). The number of carboxylic acid groups (broad SMARTS) is 2. The average molecular weight is 551 g/mol. The van der Waals surface area contributed by atoms with Crippen LogP contribution in [-0.2, 0) is 30.4 Å². The number of carboxylic acids is 2. The third-order valence-electron chi connectivity index (χ3n) is 5.60. The number of unbranched alkanes of at least 4 members (excludes halogenated alkanes) is 1. The summed E-state index contributed by atoms with van der Waals surface area (Å²) < 4.78 is -0.712. The summed E-state index contributed by atoms with van der Waals surface area (Å²) in [6, 6.07) is 6.11. The van der Waals surface area contributed by atoms with E-state index in [1.807, 2.05) is 6.07 Å². The van der Waals surface area contributed by atoms with Crippen LogP contribution in [-0.4, -0.2) is 113 Å². The summed E-state index contributed by atoms with van der Waals surface area (Å²) in [6.07, 6.45) is 1.49. The van der Waals surface area contributed by atoms with Gasteiger partial charge in [-0.25, -0.2) is 4.79 Å². The zero-order valence-electron chi connectivity index (χ0n) is 22.4. The van der Waals surface area contributed by atoms with Gasteiger partial charge in [0, 0.05) is 11.3 Å². The van der Waals surface area contributed by atoms with Crippen molar-refractivity contribution in [2.24, 2.45) is 0 Å². The second-order valence-corrected chi connectivity index (χ2v) is 10.5. The molecule has 11 nitrogen and oxygen atoms in total. The monoisotopic (exact) mass is 550 g/mol. The smallest absolute Gasteiger partial charge is 1.00 e. The number of hydrogen-bond acceptors (Lipinski definition) is 7. The van der Waals surface area contributed by atoms with Gasteiger partial charge in [-0.1, -0.05) is 30.3 Å². The summed E-state index contributed by atoms with van der Waals surface area (Å²) >= 11 is 1.27. The van der Waals surface area contributed by atoms with E-state index in [9.17, 15) is 29.1 Å². The molecule has 1 aromatic rings. The van der Waals surface area contributed by atoms with Crippen molar-refractivity contribution < 1.29 is 37.0 Å². The predicted molar refractivity (Wildman–Crippen MR) is 138 cm³/mol. The Morgan fingerprint density at radius 1 is 1.17 bits per heavy atom. The van der Waals surface area contributed by atoms with Crippen LogP contribution in [0.2, 0.25) is 0 Å². The van der Waals surface area contributed by atoms with Crippen LogP contribution in [0.1, 0.15) is 41.5 Å². The van der Waals surface area contributed by atoms with E-state index >= 15 is 0 Å². The fourth-order valence-electron chi connectivity index (χ4n) is 3.77. The normalized spacial score (nSPS) is 19.7. The second kappa shape index (κ2) is 15.4. The molecule has 1 aromatic carbocycles. The molecule has 0 bridgehead atoms. The average Bonchev–Trinajstić information content (AvgIpc) is 3.12. The number of carbonyl (C=O) groups excluding carboxylic acids is 3. The van der Waals surface area contributed by atoms with E-state index in [0.29, 0.717) is 19.3 Å². The zero-order valence-corrected chi connectivity index (χ0v) is 23.4. The summed E-state index contributed by atoms with van der Waals surface area (Å²) in [5.74, 6) is -3.03. The molecule has 0 aromatic heterocycles. The Balaban J connectivity index is 0. The molecule has 0 spiro atoms. The van der Waals surface area contributed by atoms with E-state index in [0.717, 1.165) is 5.56 Å². The fraction of sp³-hybridized carbons (Fsp3) is 0.522. The van der Waals surface area contributed by atoms with E-state index in [-0.39, 0.29) is 65.9 Å². The largest absolute Gasteiger partial charge is 2.00 e. The van der Waals surface area contributed by atoms with Gasteiger partial charge < -0.3 is 29.0 Å². The number of nitrogens with one attached hydrogen (secondary N) is 4. The molecule has 13 heteroatoms. The number of benzene rings is 1. The van der Waals surface area contributed by atoms with Gasteiger partial charge in [0.15, 0.2) is 0 Å². The number of aliphatic carboxylic acids is 2. The molecular weight excluding hydrogens is 516 g/mol. The summed E-state index contributed by atoms with van der Waals surface area (Å²) in [6.45, 7) is 3.74. The van der Waals surface area contributed by atoms with Gasteiger partial charge in [0.25, 0.3) is 0 Å². The summed E-state index contributed by atoms with van der Waals surface area (Å²) in [4.78, 5) is 59.0. The first kappa shape index (κ1) is 32.2. The molecule has 4 atom stereocenters. The molecule has 1 aliphatic heterocycles. The minimum Gasteiger partial charge on any atom is -1.00 e. The molecule has 1 fully saturated rings. The van der Waals surface area contributed by atoms with Crippen molar-refractivity contribution in [2.75, 3.05) is 6.54 Å². The Hall–Kier alpha value is -1.86. The maximum absolute atomic E-state index is 13.0. The number of amides is 3. The van der Waals surface area contributed by atoms with E-state index in [1.54, 1.807) is 38.1 Å². The minimum atomic E-state index is -1.14. The van der Waals surface area contributed by atoms with Gasteiger partial charge in [0.1, 0.15) is 18.1 Å². The van der Waals surface area contributed by atoms with E-state index in [1.165, 1.54) is 11.8 Å². The molecule has 6 N–H and O–H groups in total. The minimum absolute atomic E-state index is 0. The topological polar surface area (TPSA) is 174 Å². The maximum atomic E-state index is 13.0. The van der Waals surface area contributed by atoms with Crippen LogP contribution < -0.4 is 21.3 Å². The van der Waals surface area contributed by atoms with E-state index in [4.69, 9.17) is 5.11 Å². The van der Waals surface area contributed by atoms with E-state index in [2.05, 4.69) is 21.3 Å². The quantitative estimate of drug-likeness (QED) is 0.105. The van der Waals surface area contributed by atoms with Gasteiger partial charge >= 0.3 is 49.7 Å². The van der Waals surface area contributed by atoms with Crippen LogP contribution in [0.4, 0.5) is 0 Å². The van der Waals surface area contributed by atoms with Gasteiger partial charge in [-0.2, -0.15) is 0 Å². The fourth-order valence-corrected chi connectivity index (χ4v) is 5.26. The van der Waals surface area contributed by atoms with Gasteiger partial charge in [-0.3, -0.25) is 24.5 Å². The van der Waals surface area contributed by atoms with Crippen LogP contribution in [0.5, 0.6) is 0 Å². The Morgan fingerprint density at radius 2 is 1.83 bits per heavy atom. The molecule has 196 valence electrons. The van der Waals surface area contributed by atoms with Crippen molar-refractivity contribution in [3.05, 3.63) is 35.9 Å². The molecule has 3 amide bonds. The van der Waals surface area contributed by atoms with Crippen molar-refractivity contribution in [3.8, 4) is 0 Å². The van der Waals surface area contributed by atoms with Crippen molar-refractivity contribution in [2.45, 2.75) is 67.8 Å². The van der Waals surface area contributed by atoms with Gasteiger partial charge in [-0.05, 0) is 38.7 Å². The van der Waals surface area contributed by atoms with Crippen LogP contribution in [0.25, 0.3) is 0 Å². The van der Waals surface area contributed by atoms with Crippen molar-refractivity contribution in [3.63, 3.8) is 0 Å². The molecule has 0 radical (unpaired) electrons. The third-order valence-corrected chi connectivity index (χ3v) is 7.10. The summed E-state index contributed by atoms with van der Waals surface area (Å²) in [7, 11) is 0. The first-order valence-corrected chi connectivity index (χ1v) is 12.1. The van der Waals surface area contributed by atoms with Crippen LogP contribution in [0.3, 0.4) is 0 Å². The molecule has 1 aliphatic rings. The Morgan fingerprint density at radius 3 is 2.39 bits per heavy atom. The van der Waals surface area contributed by atoms with Crippen molar-refractivity contribution in [1.29, 1.82) is 0 Å². The first-order valence-electron chi connectivity index (χ1n) is 11.3. The number of rotatable bonds is 14. The standard InChI is InChI=1S/C23H32N4O7S.Ca.2H/c1-23(2)18(22(33)34)27-20(35-23)17(26-16(29)12-14-8-4-3-5-9-14)19(30)24-11-7-6-10-15(21(31)32)25-13-28;;;/h3-5,8-9,13,15,17-18,20,27H,6-7,10-12H2,1-2H3,(H,24,30)(H,25,28)(H,26,29)(H,31,32)(H,33,34);;;/q;+2;2*-1. The van der Waals surface area contributed by atoms with Crippen molar-refractivity contribution in [1.82, 2.24) is 21.3 Å². The summed E-state index contributed by atoms with van der Waals surface area (Å²) in [5, 5.41) is 28.6. The van der Waals surface area contributed by atoms with Gasteiger partial charge in [0.2, 0.25) is 18.2 Å². The predicted octanol–water partition coefficient (Wildman–Crippen LogP) is -0.0619. The van der Waals surface area contributed by atoms with E-state index < -0.39 is 46.1 Å². The molecule has 4 unspecified atom stereocenters. The summed E-state index contributed by atoms with van der Waals surface area (Å²) in [5.41, 5.74) is 0.775. The van der Waals surface area contributed by atoms with Crippen LogP contribution in [0, 0.1) is 0 Å². The maximum Gasteiger partial charge on any atom is 2.00 e. The Kier molecular flexibility index (Phi) is 13.8.